The molecule has 2 saturated heterocycles. The number of thiazole rings is 1. The van der Waals surface area contributed by atoms with Crippen molar-refractivity contribution in [1.29, 1.82) is 0 Å². The van der Waals surface area contributed by atoms with Crippen LogP contribution in [0, 0.1) is 0 Å². The van der Waals surface area contributed by atoms with Gasteiger partial charge in [0.2, 0.25) is 0 Å². The van der Waals surface area contributed by atoms with E-state index in [4.69, 9.17) is 4.98 Å². The van der Waals surface area contributed by atoms with Crippen molar-refractivity contribution in [2.24, 2.45) is 0 Å². The normalized spacial score (nSPS) is 21.4. The van der Waals surface area contributed by atoms with Gasteiger partial charge in [-0.15, -0.1) is 11.3 Å². The van der Waals surface area contributed by atoms with Crippen LogP contribution in [0.1, 0.15) is 37.4 Å². The van der Waals surface area contributed by atoms with Crippen LogP contribution in [-0.4, -0.2) is 70.2 Å². The summed E-state index contributed by atoms with van der Waals surface area (Å²) >= 11 is 1.69. The van der Waals surface area contributed by atoms with E-state index in [-0.39, 0.29) is 0 Å². The van der Waals surface area contributed by atoms with Crippen LogP contribution in [0.3, 0.4) is 0 Å². The molecule has 0 radical (unpaired) electrons. The summed E-state index contributed by atoms with van der Waals surface area (Å²) in [6.07, 6.45) is 3.41. The van der Waals surface area contributed by atoms with Crippen LogP contribution in [0.2, 0.25) is 0 Å². The minimum Gasteiger partial charge on any atom is -0.383 e. The van der Waals surface area contributed by atoms with Crippen LogP contribution in [0.4, 0.5) is 5.82 Å². The molecule has 0 bridgehead atoms. The van der Waals surface area contributed by atoms with Crippen molar-refractivity contribution < 1.29 is 5.11 Å². The quantitative estimate of drug-likeness (QED) is 0.831. The molecule has 2 aliphatic heterocycles. The molecule has 2 aliphatic rings. The van der Waals surface area contributed by atoms with Gasteiger partial charge in [-0.1, -0.05) is 6.07 Å². The summed E-state index contributed by atoms with van der Waals surface area (Å²) in [5.74, 6) is 1.06. The van der Waals surface area contributed by atoms with Gasteiger partial charge in [-0.2, -0.15) is 0 Å². The number of piperidine rings is 1. The molecule has 0 aromatic carbocycles. The monoisotopic (exact) mass is 401 g/mol. The van der Waals surface area contributed by atoms with Crippen molar-refractivity contribution in [1.82, 2.24) is 19.8 Å². The lowest BCUT2D eigenvalue weighted by molar-refractivity contribution is -0.0353. The van der Waals surface area contributed by atoms with Gasteiger partial charge in [0, 0.05) is 56.9 Å². The lowest BCUT2D eigenvalue weighted by Crippen LogP contribution is -2.46. The van der Waals surface area contributed by atoms with E-state index >= 15 is 0 Å². The number of rotatable bonds is 5. The Kier molecular flexibility index (Phi) is 5.96. The Balaban J connectivity index is 1.31. The van der Waals surface area contributed by atoms with Gasteiger partial charge < -0.3 is 14.9 Å². The summed E-state index contributed by atoms with van der Waals surface area (Å²) in [5.41, 5.74) is 0.126. The van der Waals surface area contributed by atoms with Crippen LogP contribution in [0.5, 0.6) is 0 Å². The third kappa shape index (κ3) is 4.38. The van der Waals surface area contributed by atoms with Crippen LogP contribution in [0.15, 0.2) is 29.8 Å². The first kappa shape index (κ1) is 19.8. The van der Waals surface area contributed by atoms with Crippen molar-refractivity contribution in [3.8, 4) is 0 Å². The SMILES string of the molecule is CC(C)N1CCC(O)(c2csc(CN3CCN(c4ccccn4)CC3)n2)CC1. The molecule has 0 aliphatic carbocycles. The summed E-state index contributed by atoms with van der Waals surface area (Å²) in [5, 5.41) is 14.3. The van der Waals surface area contributed by atoms with E-state index in [1.165, 1.54) is 0 Å². The first-order valence-corrected chi connectivity index (χ1v) is 11.2. The minimum absolute atomic E-state index is 0.542. The molecule has 7 heteroatoms. The molecule has 0 unspecified atom stereocenters. The molecule has 152 valence electrons. The number of anilines is 1. The number of aliphatic hydroxyl groups is 1. The molecule has 0 saturated carbocycles. The zero-order valence-corrected chi connectivity index (χ0v) is 17.7. The molecule has 1 N–H and O–H groups in total. The summed E-state index contributed by atoms with van der Waals surface area (Å²) in [6, 6.07) is 6.62. The number of nitrogens with zero attached hydrogens (tertiary/aromatic N) is 5. The van der Waals surface area contributed by atoms with Crippen LogP contribution < -0.4 is 4.90 Å². The van der Waals surface area contributed by atoms with Gasteiger partial charge in [0.1, 0.15) is 16.4 Å². The number of aromatic nitrogens is 2. The van der Waals surface area contributed by atoms with Gasteiger partial charge in [-0.05, 0) is 38.8 Å². The molecule has 6 nitrogen and oxygen atoms in total. The average Bonchev–Trinajstić information content (AvgIpc) is 3.19. The molecule has 0 amide bonds. The molecule has 2 fully saturated rings. The minimum atomic E-state index is -0.752. The van der Waals surface area contributed by atoms with Crippen LogP contribution >= 0.6 is 11.3 Å². The predicted octanol–water partition coefficient (Wildman–Crippen LogP) is 2.55. The Bertz CT molecular complexity index is 749. The fourth-order valence-electron chi connectivity index (χ4n) is 4.13. The largest absolute Gasteiger partial charge is 0.383 e. The molecule has 4 heterocycles. The van der Waals surface area contributed by atoms with Crippen LogP contribution in [-0.2, 0) is 12.1 Å². The summed E-state index contributed by atoms with van der Waals surface area (Å²) in [4.78, 5) is 16.5. The standard InChI is InChI=1S/C21H31N5OS/c1-17(2)25-9-6-21(27,7-10-25)18-16-28-20(23-18)15-24-11-13-26(14-12-24)19-5-3-4-8-22-19/h3-5,8,16-17,27H,6-7,9-15H2,1-2H3. The molecule has 2 aromatic rings. The molecular weight excluding hydrogens is 370 g/mol. The highest BCUT2D eigenvalue weighted by atomic mass is 32.1. The van der Waals surface area contributed by atoms with Crippen molar-refractivity contribution in [2.75, 3.05) is 44.2 Å². The zero-order valence-electron chi connectivity index (χ0n) is 16.9. The van der Waals surface area contributed by atoms with Crippen molar-refractivity contribution in [3.05, 3.63) is 40.5 Å². The molecule has 0 spiro atoms. The second-order valence-corrected chi connectivity index (χ2v) is 9.18. The topological polar surface area (TPSA) is 55.7 Å². The predicted molar refractivity (Wildman–Crippen MR) is 114 cm³/mol. The highest BCUT2D eigenvalue weighted by Crippen LogP contribution is 2.34. The molecule has 28 heavy (non-hydrogen) atoms. The lowest BCUT2D eigenvalue weighted by atomic mass is 9.88. The Morgan fingerprint density at radius 1 is 1.11 bits per heavy atom. The highest BCUT2D eigenvalue weighted by Gasteiger charge is 2.36. The zero-order chi connectivity index (χ0) is 19.6. The third-order valence-electron chi connectivity index (χ3n) is 6.09. The maximum absolute atomic E-state index is 11.1. The van der Waals surface area contributed by atoms with E-state index < -0.39 is 5.60 Å². The first-order valence-electron chi connectivity index (χ1n) is 10.3. The van der Waals surface area contributed by atoms with Gasteiger partial charge in [-0.3, -0.25) is 4.90 Å². The van der Waals surface area contributed by atoms with E-state index in [1.54, 1.807) is 11.3 Å². The van der Waals surface area contributed by atoms with Crippen molar-refractivity contribution >= 4 is 17.2 Å². The summed E-state index contributed by atoms with van der Waals surface area (Å²) < 4.78 is 0. The van der Waals surface area contributed by atoms with E-state index in [1.807, 2.05) is 18.3 Å². The van der Waals surface area contributed by atoms with Gasteiger partial charge in [-0.25, -0.2) is 9.97 Å². The van der Waals surface area contributed by atoms with E-state index in [0.717, 1.165) is 75.2 Å². The van der Waals surface area contributed by atoms with E-state index in [9.17, 15) is 5.11 Å². The fraction of sp³-hybridized carbons (Fsp3) is 0.619. The second-order valence-electron chi connectivity index (χ2n) is 8.24. The lowest BCUT2D eigenvalue weighted by Gasteiger charge is -2.39. The first-order chi connectivity index (χ1) is 13.5. The van der Waals surface area contributed by atoms with E-state index in [2.05, 4.69) is 45.0 Å². The van der Waals surface area contributed by atoms with Gasteiger partial charge in [0.25, 0.3) is 0 Å². The van der Waals surface area contributed by atoms with Gasteiger partial charge in [0.05, 0.1) is 12.2 Å². The molecule has 0 atom stereocenters. The highest BCUT2D eigenvalue weighted by molar-refractivity contribution is 7.09. The number of likely N-dealkylation sites (tertiary alicyclic amines) is 1. The van der Waals surface area contributed by atoms with Crippen molar-refractivity contribution in [3.63, 3.8) is 0 Å². The Morgan fingerprint density at radius 3 is 2.50 bits per heavy atom. The third-order valence-corrected chi connectivity index (χ3v) is 6.92. The summed E-state index contributed by atoms with van der Waals surface area (Å²) in [6.45, 7) is 11.2. The molecule has 4 rings (SSSR count). The number of hydrogen-bond donors (Lipinski definition) is 1. The van der Waals surface area contributed by atoms with Gasteiger partial charge >= 0.3 is 0 Å². The van der Waals surface area contributed by atoms with E-state index in [0.29, 0.717) is 6.04 Å². The second kappa shape index (κ2) is 8.45. The average molecular weight is 402 g/mol. The molecular formula is C21H31N5OS. The smallest absolute Gasteiger partial charge is 0.128 e. The maximum atomic E-state index is 11.1. The summed E-state index contributed by atoms with van der Waals surface area (Å²) in [7, 11) is 0. The molecule has 2 aromatic heterocycles. The Hall–Kier alpha value is -1.54. The Morgan fingerprint density at radius 2 is 1.86 bits per heavy atom. The number of piperazine rings is 1. The number of hydrogen-bond acceptors (Lipinski definition) is 7. The maximum Gasteiger partial charge on any atom is 0.128 e. The number of pyridine rings is 1. The van der Waals surface area contributed by atoms with Crippen LogP contribution in [0.25, 0.3) is 0 Å². The van der Waals surface area contributed by atoms with Gasteiger partial charge in [0.15, 0.2) is 0 Å². The van der Waals surface area contributed by atoms with Crippen molar-refractivity contribution in [2.45, 2.75) is 44.9 Å². The fourth-order valence-corrected chi connectivity index (χ4v) is 5.06. The Labute approximate surface area is 171 Å².